The van der Waals surface area contributed by atoms with Crippen molar-refractivity contribution in [2.45, 2.75) is 57.3 Å². The first-order valence-corrected chi connectivity index (χ1v) is 12.8. The van der Waals surface area contributed by atoms with Crippen LogP contribution in [0.5, 0.6) is 0 Å². The van der Waals surface area contributed by atoms with Gasteiger partial charge in [-0.15, -0.1) is 11.3 Å². The van der Waals surface area contributed by atoms with Gasteiger partial charge in [0.25, 0.3) is 0 Å². The lowest BCUT2D eigenvalue weighted by molar-refractivity contribution is -0.142. The van der Waals surface area contributed by atoms with Crippen LogP contribution in [-0.4, -0.2) is 44.4 Å². The molecule has 3 aromatic rings. The molecule has 1 aromatic carbocycles. The van der Waals surface area contributed by atoms with Crippen LogP contribution in [0.1, 0.15) is 65.9 Å². The predicted molar refractivity (Wildman–Crippen MR) is 129 cm³/mol. The summed E-state index contributed by atoms with van der Waals surface area (Å²) in [7, 11) is 0. The SMILES string of the molecule is CCc1cc(C(F)(F)F)nn1CC(=O)N1CCC(c2nc(C3=NO[C@@H](c4ccccc4)C3)cs2)CC1. The number of oxime groups is 1. The average molecular weight is 518 g/mol. The van der Waals surface area contributed by atoms with Crippen LogP contribution in [0.2, 0.25) is 0 Å². The number of halogens is 3. The summed E-state index contributed by atoms with van der Waals surface area (Å²) in [5.41, 5.74) is 2.19. The van der Waals surface area contributed by atoms with E-state index < -0.39 is 11.9 Å². The van der Waals surface area contributed by atoms with Crippen LogP contribution in [0.25, 0.3) is 0 Å². The Balaban J connectivity index is 1.16. The zero-order chi connectivity index (χ0) is 25.3. The summed E-state index contributed by atoms with van der Waals surface area (Å²) in [5, 5.41) is 10.9. The number of aromatic nitrogens is 3. The van der Waals surface area contributed by atoms with Gasteiger partial charge in [-0.1, -0.05) is 42.4 Å². The molecule has 0 N–H and O–H groups in total. The van der Waals surface area contributed by atoms with E-state index in [1.165, 1.54) is 4.68 Å². The fraction of sp³-hybridized carbons (Fsp3) is 0.440. The van der Waals surface area contributed by atoms with Crippen molar-refractivity contribution in [3.8, 4) is 0 Å². The second kappa shape index (κ2) is 10.0. The molecule has 0 bridgehead atoms. The summed E-state index contributed by atoms with van der Waals surface area (Å²) in [6.07, 6.45) is -2.09. The van der Waals surface area contributed by atoms with E-state index in [1.54, 1.807) is 23.2 Å². The van der Waals surface area contributed by atoms with Crippen LogP contribution in [-0.2, 0) is 28.8 Å². The number of hydrogen-bond donors (Lipinski definition) is 0. The lowest BCUT2D eigenvalue weighted by Gasteiger charge is -2.31. The summed E-state index contributed by atoms with van der Waals surface area (Å²) in [5.74, 6) is 0.0117. The zero-order valence-corrected chi connectivity index (χ0v) is 20.6. The van der Waals surface area contributed by atoms with Crippen LogP contribution in [0, 0.1) is 0 Å². The highest BCUT2D eigenvalue weighted by atomic mass is 32.1. The normalized spacial score (nSPS) is 18.8. The first-order valence-electron chi connectivity index (χ1n) is 12.0. The van der Waals surface area contributed by atoms with E-state index >= 15 is 0 Å². The van der Waals surface area contributed by atoms with E-state index in [9.17, 15) is 18.0 Å². The summed E-state index contributed by atoms with van der Waals surface area (Å²) in [6.45, 7) is 2.63. The third-order valence-corrected chi connectivity index (χ3v) is 7.66. The molecular formula is C25H26F3N5O2S. The highest BCUT2D eigenvalue weighted by Crippen LogP contribution is 2.34. The van der Waals surface area contributed by atoms with Crippen molar-refractivity contribution in [1.29, 1.82) is 0 Å². The Hall–Kier alpha value is -3.21. The second-order valence-electron chi connectivity index (χ2n) is 9.00. The van der Waals surface area contributed by atoms with E-state index in [-0.39, 0.29) is 24.5 Å². The summed E-state index contributed by atoms with van der Waals surface area (Å²) in [4.78, 5) is 25.0. The van der Waals surface area contributed by atoms with Gasteiger partial charge in [0.05, 0.1) is 10.7 Å². The van der Waals surface area contributed by atoms with Gasteiger partial charge in [-0.2, -0.15) is 18.3 Å². The van der Waals surface area contributed by atoms with Crippen molar-refractivity contribution in [2.75, 3.05) is 13.1 Å². The Bertz CT molecular complexity index is 1250. The monoisotopic (exact) mass is 517 g/mol. The fourth-order valence-corrected chi connectivity index (χ4v) is 5.60. The molecule has 0 aliphatic carbocycles. The van der Waals surface area contributed by atoms with Crippen LogP contribution in [0.4, 0.5) is 13.2 Å². The third-order valence-electron chi connectivity index (χ3n) is 6.66. The first-order chi connectivity index (χ1) is 17.3. The standard InChI is InChI=1S/C25H26F3N5O2S/c1-2-18-12-22(25(26,27)28)30-33(18)14-23(34)32-10-8-17(9-11-32)24-29-20(15-36-24)19-13-21(35-31-19)16-6-4-3-5-7-16/h3-7,12,15,17,21H,2,8-11,13-14H2,1H3/t21-/m1/s1. The number of hydrogen-bond acceptors (Lipinski definition) is 6. The summed E-state index contributed by atoms with van der Waals surface area (Å²) < 4.78 is 40.2. The Labute approximate surface area is 210 Å². The van der Waals surface area contributed by atoms with Gasteiger partial charge in [-0.25, -0.2) is 4.98 Å². The van der Waals surface area contributed by atoms with Crippen LogP contribution in [0.15, 0.2) is 46.9 Å². The van der Waals surface area contributed by atoms with E-state index in [2.05, 4.69) is 10.3 Å². The number of aryl methyl sites for hydroxylation is 1. The molecule has 36 heavy (non-hydrogen) atoms. The molecule has 1 fully saturated rings. The number of benzene rings is 1. The molecule has 11 heteroatoms. The molecule has 1 atom stereocenters. The number of carbonyl (C=O) groups is 1. The smallest absolute Gasteiger partial charge is 0.387 e. The van der Waals surface area contributed by atoms with Gasteiger partial charge >= 0.3 is 6.18 Å². The Morgan fingerprint density at radius 2 is 1.94 bits per heavy atom. The molecule has 2 aliphatic heterocycles. The zero-order valence-electron chi connectivity index (χ0n) is 19.7. The maximum Gasteiger partial charge on any atom is 0.435 e. The van der Waals surface area contributed by atoms with E-state index in [4.69, 9.17) is 9.82 Å². The second-order valence-corrected chi connectivity index (χ2v) is 9.89. The van der Waals surface area contributed by atoms with Crippen molar-refractivity contribution in [3.05, 3.63) is 69.4 Å². The maximum absolute atomic E-state index is 13.0. The van der Waals surface area contributed by atoms with Crippen molar-refractivity contribution >= 4 is 23.0 Å². The van der Waals surface area contributed by atoms with Gasteiger partial charge in [0.15, 0.2) is 11.8 Å². The number of carbonyl (C=O) groups excluding carboxylic acids is 1. The van der Waals surface area contributed by atoms with Gasteiger partial charge in [0.1, 0.15) is 12.3 Å². The minimum absolute atomic E-state index is 0.101. The molecule has 0 spiro atoms. The molecule has 5 rings (SSSR count). The predicted octanol–water partition coefficient (Wildman–Crippen LogP) is 5.19. The largest absolute Gasteiger partial charge is 0.435 e. The highest BCUT2D eigenvalue weighted by Gasteiger charge is 2.35. The molecule has 7 nitrogen and oxygen atoms in total. The van der Waals surface area contributed by atoms with Crippen molar-refractivity contribution in [3.63, 3.8) is 0 Å². The number of amides is 1. The van der Waals surface area contributed by atoms with Gasteiger partial charge in [0.2, 0.25) is 5.91 Å². The third kappa shape index (κ3) is 5.16. The molecule has 2 aliphatic rings. The molecule has 2 aromatic heterocycles. The highest BCUT2D eigenvalue weighted by molar-refractivity contribution is 7.10. The van der Waals surface area contributed by atoms with Crippen LogP contribution < -0.4 is 0 Å². The number of likely N-dealkylation sites (tertiary alicyclic amines) is 1. The van der Waals surface area contributed by atoms with Gasteiger partial charge < -0.3 is 9.74 Å². The maximum atomic E-state index is 13.0. The Morgan fingerprint density at radius 1 is 1.19 bits per heavy atom. The van der Waals surface area contributed by atoms with Gasteiger partial charge in [-0.05, 0) is 30.9 Å². The molecule has 190 valence electrons. The molecule has 0 saturated carbocycles. The minimum atomic E-state index is -4.53. The minimum Gasteiger partial charge on any atom is -0.387 e. The first kappa shape index (κ1) is 24.5. The van der Waals surface area contributed by atoms with E-state index in [1.807, 2.05) is 35.7 Å². The topological polar surface area (TPSA) is 72.6 Å². The van der Waals surface area contributed by atoms with Gasteiger partial charge in [0, 0.05) is 36.5 Å². The van der Waals surface area contributed by atoms with Crippen molar-refractivity contribution in [1.82, 2.24) is 19.7 Å². The number of rotatable bonds is 6. The van der Waals surface area contributed by atoms with Gasteiger partial charge in [-0.3, -0.25) is 9.48 Å². The molecule has 0 radical (unpaired) electrons. The lowest BCUT2D eigenvalue weighted by Crippen LogP contribution is -2.40. The van der Waals surface area contributed by atoms with Crippen molar-refractivity contribution < 1.29 is 22.8 Å². The number of thiazole rings is 1. The molecule has 1 saturated heterocycles. The number of alkyl halides is 3. The van der Waals surface area contributed by atoms with E-state index in [0.29, 0.717) is 31.6 Å². The quantitative estimate of drug-likeness (QED) is 0.451. The summed E-state index contributed by atoms with van der Waals surface area (Å²) in [6, 6.07) is 11.0. The van der Waals surface area contributed by atoms with E-state index in [0.717, 1.165) is 40.9 Å². The Morgan fingerprint density at radius 3 is 2.64 bits per heavy atom. The molecular weight excluding hydrogens is 491 g/mol. The number of nitrogens with zero attached hydrogens (tertiary/aromatic N) is 5. The fourth-order valence-electron chi connectivity index (χ4n) is 4.60. The van der Waals surface area contributed by atoms with Crippen molar-refractivity contribution in [2.24, 2.45) is 5.16 Å². The molecule has 0 unspecified atom stereocenters. The summed E-state index contributed by atoms with van der Waals surface area (Å²) >= 11 is 1.59. The number of piperidine rings is 1. The average Bonchev–Trinajstić information content (AvgIpc) is 3.63. The van der Waals surface area contributed by atoms with Crippen LogP contribution in [0.3, 0.4) is 0 Å². The molecule has 1 amide bonds. The Kier molecular flexibility index (Phi) is 6.83. The lowest BCUT2D eigenvalue weighted by atomic mass is 9.97. The molecule has 4 heterocycles. The van der Waals surface area contributed by atoms with Crippen LogP contribution >= 0.6 is 11.3 Å².